The molecule has 1 saturated heterocycles. The van der Waals surface area contributed by atoms with Crippen molar-refractivity contribution in [1.82, 2.24) is 0 Å². The van der Waals surface area contributed by atoms with Crippen molar-refractivity contribution in [1.29, 1.82) is 0 Å². The largest absolute Gasteiger partial charge is 0.422 e. The zero-order valence-electron chi connectivity index (χ0n) is 9.36. The molecule has 0 N–H and O–H groups in total. The summed E-state index contributed by atoms with van der Waals surface area (Å²) in [4.78, 5) is 23.0. The molecule has 0 bridgehead atoms. The van der Waals surface area contributed by atoms with Crippen molar-refractivity contribution in [3.63, 3.8) is 0 Å². The predicted octanol–water partition coefficient (Wildman–Crippen LogP) is 1.26. The number of esters is 2. The Kier molecular flexibility index (Phi) is 1.65. The number of hydrogen-bond donors (Lipinski definition) is 0. The Morgan fingerprint density at radius 1 is 1.56 bits per heavy atom. The van der Waals surface area contributed by atoms with Crippen LogP contribution >= 0.6 is 0 Å². The van der Waals surface area contributed by atoms with Crippen molar-refractivity contribution in [3.8, 4) is 0 Å². The smallest absolute Gasteiger partial charge is 0.336 e. The van der Waals surface area contributed by atoms with Crippen molar-refractivity contribution in [3.05, 3.63) is 12.2 Å². The average Bonchev–Trinajstić information content (AvgIpc) is 2.54. The lowest BCUT2D eigenvalue weighted by Gasteiger charge is -2.17. The lowest BCUT2D eigenvalue weighted by atomic mass is 9.99. The van der Waals surface area contributed by atoms with Gasteiger partial charge in [0.1, 0.15) is 0 Å². The monoisotopic (exact) mass is 222 g/mol. The van der Waals surface area contributed by atoms with Gasteiger partial charge in [-0.1, -0.05) is 13.5 Å². The molecule has 1 aliphatic heterocycles. The van der Waals surface area contributed by atoms with E-state index < -0.39 is 11.8 Å². The molecular formula is C12H14O4. The fourth-order valence-corrected chi connectivity index (χ4v) is 3.37. The first-order valence-electron chi connectivity index (χ1n) is 5.59. The standard InChI is InChI=1S/C12H14O4/c1-5(2)10(13)15-12-8-6(3)4-7(9(8)12)11(14)16-12/h6-9H,1,4H2,2-3H3. The van der Waals surface area contributed by atoms with Crippen LogP contribution in [0.4, 0.5) is 0 Å². The van der Waals surface area contributed by atoms with Crippen LogP contribution in [0.5, 0.6) is 0 Å². The molecular weight excluding hydrogens is 208 g/mol. The molecule has 86 valence electrons. The molecule has 0 aromatic rings. The third-order valence-corrected chi connectivity index (χ3v) is 4.04. The SMILES string of the molecule is C=C(C)C(=O)OC12OC(=O)C3CC(C)C1C32. The summed E-state index contributed by atoms with van der Waals surface area (Å²) < 4.78 is 10.6. The summed E-state index contributed by atoms with van der Waals surface area (Å²) in [6.45, 7) is 7.20. The molecule has 1 heterocycles. The van der Waals surface area contributed by atoms with E-state index in [2.05, 4.69) is 13.5 Å². The van der Waals surface area contributed by atoms with Gasteiger partial charge in [0.2, 0.25) is 0 Å². The van der Waals surface area contributed by atoms with Crippen LogP contribution in [-0.2, 0) is 19.1 Å². The molecule has 4 nitrogen and oxygen atoms in total. The molecule has 0 amide bonds. The second kappa shape index (κ2) is 2.67. The highest BCUT2D eigenvalue weighted by Gasteiger charge is 2.84. The summed E-state index contributed by atoms with van der Waals surface area (Å²) in [6, 6.07) is 0. The summed E-state index contributed by atoms with van der Waals surface area (Å²) in [5, 5.41) is 0. The van der Waals surface area contributed by atoms with Crippen LogP contribution in [0.2, 0.25) is 0 Å². The average molecular weight is 222 g/mol. The molecule has 0 aromatic heterocycles. The molecule has 0 radical (unpaired) electrons. The van der Waals surface area contributed by atoms with Gasteiger partial charge >= 0.3 is 11.9 Å². The van der Waals surface area contributed by atoms with E-state index in [0.717, 1.165) is 6.42 Å². The maximum Gasteiger partial charge on any atom is 0.336 e. The second-order valence-electron chi connectivity index (χ2n) is 5.18. The summed E-state index contributed by atoms with van der Waals surface area (Å²) in [5.41, 5.74) is 0.339. The molecule has 5 unspecified atom stereocenters. The Morgan fingerprint density at radius 2 is 2.25 bits per heavy atom. The molecule has 5 atom stereocenters. The van der Waals surface area contributed by atoms with Gasteiger partial charge < -0.3 is 9.47 Å². The Balaban J connectivity index is 1.84. The van der Waals surface area contributed by atoms with E-state index in [1.54, 1.807) is 6.92 Å². The van der Waals surface area contributed by atoms with Crippen LogP contribution in [-0.4, -0.2) is 17.7 Å². The lowest BCUT2D eigenvalue weighted by Crippen LogP contribution is -2.27. The van der Waals surface area contributed by atoms with Gasteiger partial charge in [0.25, 0.3) is 5.79 Å². The number of hydrogen-bond acceptors (Lipinski definition) is 4. The maximum absolute atomic E-state index is 11.5. The fraction of sp³-hybridized carbons (Fsp3) is 0.667. The molecule has 0 aromatic carbocycles. The van der Waals surface area contributed by atoms with Gasteiger partial charge in [0.15, 0.2) is 0 Å². The highest BCUT2D eigenvalue weighted by atomic mass is 16.8. The minimum absolute atomic E-state index is 0.0575. The predicted molar refractivity (Wildman–Crippen MR) is 54.0 cm³/mol. The molecule has 2 aliphatic carbocycles. The highest BCUT2D eigenvalue weighted by Crippen LogP contribution is 2.72. The normalized spacial score (nSPS) is 47.2. The van der Waals surface area contributed by atoms with Gasteiger partial charge in [-0.2, -0.15) is 0 Å². The summed E-state index contributed by atoms with van der Waals surface area (Å²) in [6.07, 6.45) is 0.862. The van der Waals surface area contributed by atoms with Crippen LogP contribution in [0.25, 0.3) is 0 Å². The quantitative estimate of drug-likeness (QED) is 0.521. The zero-order chi connectivity index (χ0) is 11.7. The van der Waals surface area contributed by atoms with Crippen molar-refractivity contribution < 1.29 is 19.1 Å². The van der Waals surface area contributed by atoms with E-state index in [1.807, 2.05) is 0 Å². The number of carbonyl (C=O) groups is 2. The molecule has 2 saturated carbocycles. The van der Waals surface area contributed by atoms with E-state index in [9.17, 15) is 9.59 Å². The fourth-order valence-electron chi connectivity index (χ4n) is 3.37. The first-order chi connectivity index (χ1) is 7.47. The number of rotatable bonds is 2. The molecule has 3 rings (SSSR count). The second-order valence-corrected chi connectivity index (χ2v) is 5.18. The topological polar surface area (TPSA) is 52.6 Å². The first kappa shape index (κ1) is 9.87. The molecule has 3 aliphatic rings. The molecule has 16 heavy (non-hydrogen) atoms. The Labute approximate surface area is 93.6 Å². The van der Waals surface area contributed by atoms with Gasteiger partial charge in [0.05, 0.1) is 17.8 Å². The van der Waals surface area contributed by atoms with E-state index in [4.69, 9.17) is 9.47 Å². The van der Waals surface area contributed by atoms with E-state index >= 15 is 0 Å². The van der Waals surface area contributed by atoms with Crippen LogP contribution in [0.15, 0.2) is 12.2 Å². The van der Waals surface area contributed by atoms with Gasteiger partial charge in [-0.3, -0.25) is 4.79 Å². The van der Waals surface area contributed by atoms with Crippen LogP contribution in [0.3, 0.4) is 0 Å². The van der Waals surface area contributed by atoms with Crippen LogP contribution in [0, 0.1) is 23.7 Å². The summed E-state index contributed by atoms with van der Waals surface area (Å²) in [5.74, 6) is -0.973. The lowest BCUT2D eigenvalue weighted by molar-refractivity contribution is -0.191. The zero-order valence-corrected chi connectivity index (χ0v) is 9.36. The van der Waals surface area contributed by atoms with Crippen molar-refractivity contribution in [2.75, 3.05) is 0 Å². The third-order valence-electron chi connectivity index (χ3n) is 4.04. The van der Waals surface area contributed by atoms with E-state index in [-0.39, 0.29) is 23.7 Å². The number of ether oxygens (including phenoxy) is 2. The van der Waals surface area contributed by atoms with Crippen LogP contribution in [0.1, 0.15) is 20.3 Å². The van der Waals surface area contributed by atoms with Gasteiger partial charge in [-0.25, -0.2) is 4.79 Å². The summed E-state index contributed by atoms with van der Waals surface area (Å²) in [7, 11) is 0. The van der Waals surface area contributed by atoms with Crippen molar-refractivity contribution in [2.45, 2.75) is 26.1 Å². The van der Waals surface area contributed by atoms with Crippen molar-refractivity contribution in [2.24, 2.45) is 23.7 Å². The maximum atomic E-state index is 11.5. The summed E-state index contributed by atoms with van der Waals surface area (Å²) >= 11 is 0. The molecule has 3 fully saturated rings. The Hall–Kier alpha value is -1.32. The number of carbonyl (C=O) groups excluding carboxylic acids is 2. The van der Waals surface area contributed by atoms with Crippen LogP contribution < -0.4 is 0 Å². The number of fused-ring (bicyclic) bond motifs is 1. The minimum atomic E-state index is -0.935. The highest BCUT2D eigenvalue weighted by molar-refractivity contribution is 5.88. The Bertz CT molecular complexity index is 413. The Morgan fingerprint density at radius 3 is 2.88 bits per heavy atom. The minimum Gasteiger partial charge on any atom is -0.422 e. The van der Waals surface area contributed by atoms with Gasteiger partial charge in [-0.05, 0) is 19.3 Å². The van der Waals surface area contributed by atoms with E-state index in [0.29, 0.717) is 11.5 Å². The third kappa shape index (κ3) is 0.950. The first-order valence-corrected chi connectivity index (χ1v) is 5.59. The van der Waals surface area contributed by atoms with Gasteiger partial charge in [-0.15, -0.1) is 0 Å². The van der Waals surface area contributed by atoms with Gasteiger partial charge in [0, 0.05) is 5.57 Å². The van der Waals surface area contributed by atoms with E-state index in [1.165, 1.54) is 0 Å². The molecule has 4 heteroatoms. The molecule has 0 spiro atoms. The van der Waals surface area contributed by atoms with Crippen molar-refractivity contribution >= 4 is 11.9 Å².